The third-order valence-corrected chi connectivity index (χ3v) is 4.64. The number of ether oxygens (including phenoxy) is 2. The van der Waals surface area contributed by atoms with Gasteiger partial charge in [0, 0.05) is 23.7 Å². The number of hydrogen-bond acceptors (Lipinski definition) is 5. The number of halogens is 1. The molecule has 1 saturated heterocycles. The van der Waals surface area contributed by atoms with Crippen LogP contribution in [0.15, 0.2) is 48.5 Å². The molecule has 29 heavy (non-hydrogen) atoms. The molecular formula is C21H21ClN2O5. The van der Waals surface area contributed by atoms with Gasteiger partial charge in [-0.2, -0.15) is 0 Å². The Kier molecular flexibility index (Phi) is 6.72. The van der Waals surface area contributed by atoms with Crippen molar-refractivity contribution < 1.29 is 23.9 Å². The third kappa shape index (κ3) is 5.26. The molecular weight excluding hydrogens is 396 g/mol. The molecule has 152 valence electrons. The second kappa shape index (κ2) is 9.43. The highest BCUT2D eigenvalue weighted by atomic mass is 35.5. The quantitative estimate of drug-likeness (QED) is 0.700. The summed E-state index contributed by atoms with van der Waals surface area (Å²) in [7, 11) is 0. The lowest BCUT2D eigenvalue weighted by Gasteiger charge is -2.19. The van der Waals surface area contributed by atoms with Crippen LogP contribution in [-0.2, 0) is 19.1 Å². The Balaban J connectivity index is 1.55. The summed E-state index contributed by atoms with van der Waals surface area (Å²) < 4.78 is 10.7. The molecule has 0 spiro atoms. The first-order chi connectivity index (χ1) is 14.0. The molecule has 0 unspecified atom stereocenters. The van der Waals surface area contributed by atoms with Crippen LogP contribution in [0.3, 0.4) is 0 Å². The zero-order valence-electron chi connectivity index (χ0n) is 15.9. The molecule has 1 aliphatic rings. The number of nitrogens with zero attached hydrogens (tertiary/aromatic N) is 1. The van der Waals surface area contributed by atoms with Crippen LogP contribution in [0.5, 0.6) is 5.75 Å². The van der Waals surface area contributed by atoms with E-state index in [1.807, 2.05) is 13.0 Å². The Hall–Kier alpha value is -3.06. The summed E-state index contributed by atoms with van der Waals surface area (Å²) in [6.07, 6.45) is 0.0259. The van der Waals surface area contributed by atoms with Crippen LogP contribution < -0.4 is 15.0 Å². The number of carbonyl (C=O) groups is 3. The molecule has 2 aromatic carbocycles. The first-order valence-electron chi connectivity index (χ1n) is 9.22. The maximum Gasteiger partial charge on any atom is 0.311 e. The van der Waals surface area contributed by atoms with E-state index in [9.17, 15) is 14.4 Å². The summed E-state index contributed by atoms with van der Waals surface area (Å²) >= 11 is 5.80. The maximum absolute atomic E-state index is 12.4. The summed E-state index contributed by atoms with van der Waals surface area (Å²) in [6, 6.07) is 13.7. The molecule has 8 heteroatoms. The summed E-state index contributed by atoms with van der Waals surface area (Å²) in [5.41, 5.74) is 1.17. The standard InChI is InChI=1S/C21H21ClN2O5/c1-2-28-18-6-4-3-5-17(18)24-12-14(11-20(24)26)21(27)29-13-19(25)23-16-9-7-15(22)8-10-16/h3-10,14H,2,11-13H2,1H3,(H,23,25)/t14-/m0/s1. The number of anilines is 2. The largest absolute Gasteiger partial charge is 0.492 e. The summed E-state index contributed by atoms with van der Waals surface area (Å²) in [4.78, 5) is 38.3. The molecule has 0 bridgehead atoms. The number of nitrogens with one attached hydrogen (secondary N) is 1. The number of para-hydroxylation sites is 2. The molecule has 1 atom stereocenters. The van der Waals surface area contributed by atoms with Crippen LogP contribution in [0, 0.1) is 5.92 Å². The minimum Gasteiger partial charge on any atom is -0.492 e. The van der Waals surface area contributed by atoms with E-state index in [0.717, 1.165) is 0 Å². The highest BCUT2D eigenvalue weighted by Crippen LogP contribution is 2.33. The highest BCUT2D eigenvalue weighted by Gasteiger charge is 2.37. The molecule has 3 rings (SSSR count). The first-order valence-corrected chi connectivity index (χ1v) is 9.60. The monoisotopic (exact) mass is 416 g/mol. The summed E-state index contributed by atoms with van der Waals surface area (Å²) in [5, 5.41) is 3.16. The van der Waals surface area contributed by atoms with Crippen molar-refractivity contribution in [1.29, 1.82) is 0 Å². The SMILES string of the molecule is CCOc1ccccc1N1C[C@@H](C(=O)OCC(=O)Nc2ccc(Cl)cc2)CC1=O. The van der Waals surface area contributed by atoms with Crippen molar-refractivity contribution in [2.75, 3.05) is 30.0 Å². The van der Waals surface area contributed by atoms with Crippen molar-refractivity contribution in [2.45, 2.75) is 13.3 Å². The first kappa shape index (κ1) is 20.7. The molecule has 0 saturated carbocycles. The molecule has 2 aromatic rings. The average molecular weight is 417 g/mol. The van der Waals surface area contributed by atoms with Gasteiger partial charge in [-0.25, -0.2) is 0 Å². The number of amides is 2. The Morgan fingerprint density at radius 1 is 1.17 bits per heavy atom. The minimum absolute atomic E-state index is 0.0259. The van der Waals surface area contributed by atoms with Gasteiger partial charge in [-0.3, -0.25) is 14.4 Å². The van der Waals surface area contributed by atoms with E-state index in [4.69, 9.17) is 21.1 Å². The van der Waals surface area contributed by atoms with E-state index < -0.39 is 24.4 Å². The van der Waals surface area contributed by atoms with Gasteiger partial charge in [0.15, 0.2) is 6.61 Å². The van der Waals surface area contributed by atoms with Gasteiger partial charge in [0.25, 0.3) is 5.91 Å². The van der Waals surface area contributed by atoms with Gasteiger partial charge in [-0.1, -0.05) is 23.7 Å². The molecule has 1 heterocycles. The van der Waals surface area contributed by atoms with Crippen LogP contribution in [0.4, 0.5) is 11.4 Å². The van der Waals surface area contributed by atoms with Gasteiger partial charge in [-0.15, -0.1) is 0 Å². The van der Waals surface area contributed by atoms with Crippen molar-refractivity contribution >= 4 is 40.8 Å². The highest BCUT2D eigenvalue weighted by molar-refractivity contribution is 6.30. The van der Waals surface area contributed by atoms with Gasteiger partial charge >= 0.3 is 5.97 Å². The molecule has 0 aliphatic carbocycles. The van der Waals surface area contributed by atoms with Gasteiger partial charge in [0.1, 0.15) is 5.75 Å². The normalized spacial score (nSPS) is 15.9. The van der Waals surface area contributed by atoms with E-state index in [1.165, 1.54) is 4.90 Å². The van der Waals surface area contributed by atoms with Gasteiger partial charge < -0.3 is 19.7 Å². The molecule has 1 N–H and O–H groups in total. The average Bonchev–Trinajstić information content (AvgIpc) is 3.10. The van der Waals surface area contributed by atoms with E-state index in [2.05, 4.69) is 5.32 Å². The van der Waals surface area contributed by atoms with Crippen molar-refractivity contribution in [3.05, 3.63) is 53.6 Å². The molecule has 2 amide bonds. The molecule has 0 aromatic heterocycles. The maximum atomic E-state index is 12.4. The van der Waals surface area contributed by atoms with Crippen LogP contribution >= 0.6 is 11.6 Å². The Morgan fingerprint density at radius 3 is 2.62 bits per heavy atom. The van der Waals surface area contributed by atoms with E-state index >= 15 is 0 Å². The minimum atomic E-state index is -0.638. The fourth-order valence-corrected chi connectivity index (χ4v) is 3.17. The Labute approximate surface area is 173 Å². The van der Waals surface area contributed by atoms with Crippen LogP contribution in [0.2, 0.25) is 5.02 Å². The lowest BCUT2D eigenvalue weighted by Crippen LogP contribution is -2.28. The van der Waals surface area contributed by atoms with Crippen molar-refractivity contribution in [1.82, 2.24) is 0 Å². The smallest absolute Gasteiger partial charge is 0.311 e. The van der Waals surface area contributed by atoms with Crippen molar-refractivity contribution in [3.63, 3.8) is 0 Å². The molecule has 7 nitrogen and oxygen atoms in total. The van der Waals surface area contributed by atoms with Gasteiger partial charge in [-0.05, 0) is 43.3 Å². The summed E-state index contributed by atoms with van der Waals surface area (Å²) in [6.45, 7) is 2.08. The van der Waals surface area contributed by atoms with E-state index in [1.54, 1.807) is 42.5 Å². The fraction of sp³-hybridized carbons (Fsp3) is 0.286. The Morgan fingerprint density at radius 2 is 1.90 bits per heavy atom. The number of carbonyl (C=O) groups excluding carboxylic acids is 3. The van der Waals surface area contributed by atoms with Crippen molar-refractivity contribution in [2.24, 2.45) is 5.92 Å². The van der Waals surface area contributed by atoms with Gasteiger partial charge in [0.2, 0.25) is 5.91 Å². The number of esters is 1. The fourth-order valence-electron chi connectivity index (χ4n) is 3.04. The molecule has 0 radical (unpaired) electrons. The van der Waals surface area contributed by atoms with Crippen LogP contribution in [-0.4, -0.2) is 37.5 Å². The lowest BCUT2D eigenvalue weighted by atomic mass is 10.1. The number of hydrogen-bond donors (Lipinski definition) is 1. The topological polar surface area (TPSA) is 84.9 Å². The zero-order chi connectivity index (χ0) is 20.8. The predicted molar refractivity (Wildman–Crippen MR) is 109 cm³/mol. The Bertz CT molecular complexity index is 900. The second-order valence-corrected chi connectivity index (χ2v) is 6.91. The van der Waals surface area contributed by atoms with Crippen molar-refractivity contribution in [3.8, 4) is 5.75 Å². The number of rotatable bonds is 7. The predicted octanol–water partition coefficient (Wildman–Crippen LogP) is 3.27. The van der Waals surface area contributed by atoms with Crippen LogP contribution in [0.25, 0.3) is 0 Å². The van der Waals surface area contributed by atoms with E-state index in [-0.39, 0.29) is 18.9 Å². The third-order valence-electron chi connectivity index (χ3n) is 4.39. The van der Waals surface area contributed by atoms with Gasteiger partial charge in [0.05, 0.1) is 18.2 Å². The molecule has 1 fully saturated rings. The zero-order valence-corrected chi connectivity index (χ0v) is 16.6. The van der Waals surface area contributed by atoms with Crippen LogP contribution in [0.1, 0.15) is 13.3 Å². The summed E-state index contributed by atoms with van der Waals surface area (Å²) in [5.74, 6) is -1.30. The molecule has 1 aliphatic heterocycles. The lowest BCUT2D eigenvalue weighted by molar-refractivity contribution is -0.151. The number of benzene rings is 2. The second-order valence-electron chi connectivity index (χ2n) is 6.47. The van der Waals surface area contributed by atoms with E-state index in [0.29, 0.717) is 28.8 Å².